The van der Waals surface area contributed by atoms with Gasteiger partial charge in [0.2, 0.25) is 0 Å². The molecule has 3 aromatic heterocycles. The lowest BCUT2D eigenvalue weighted by Crippen LogP contribution is -2.35. The van der Waals surface area contributed by atoms with Crippen LogP contribution in [0.25, 0.3) is 22.1 Å². The molecular formula is C14H15N7S2. The summed E-state index contributed by atoms with van der Waals surface area (Å²) in [6, 6.07) is 0. The van der Waals surface area contributed by atoms with Crippen molar-refractivity contribution >= 4 is 33.8 Å². The quantitative estimate of drug-likeness (QED) is 0.762. The fourth-order valence-corrected chi connectivity index (χ4v) is 3.68. The molecule has 0 saturated heterocycles. The number of nitrogens with one attached hydrogen (secondary N) is 2. The first-order valence-corrected chi connectivity index (χ1v) is 8.99. The van der Waals surface area contributed by atoms with Gasteiger partial charge in [-0.3, -0.25) is 4.99 Å². The predicted octanol–water partition coefficient (Wildman–Crippen LogP) is 2.43. The SMILES string of the molecule is Cn1cnc(-c2nc(-c3csc(NC4=NCCCN4)n3)cs2)c1. The highest BCUT2D eigenvalue weighted by Gasteiger charge is 2.13. The second kappa shape index (κ2) is 6.09. The number of guanidine groups is 1. The van der Waals surface area contributed by atoms with Crippen molar-refractivity contribution in [1.29, 1.82) is 0 Å². The van der Waals surface area contributed by atoms with E-state index in [1.54, 1.807) is 29.0 Å². The Balaban J connectivity index is 1.52. The van der Waals surface area contributed by atoms with Crippen LogP contribution >= 0.6 is 22.7 Å². The third-order valence-electron chi connectivity index (χ3n) is 3.32. The van der Waals surface area contributed by atoms with Gasteiger partial charge >= 0.3 is 0 Å². The molecule has 0 bridgehead atoms. The summed E-state index contributed by atoms with van der Waals surface area (Å²) in [5.74, 6) is 0.796. The summed E-state index contributed by atoms with van der Waals surface area (Å²) in [5, 5.41) is 12.2. The van der Waals surface area contributed by atoms with Gasteiger partial charge in [-0.25, -0.2) is 15.0 Å². The van der Waals surface area contributed by atoms with Crippen LogP contribution in [-0.2, 0) is 7.05 Å². The number of aliphatic imine (C=N–C) groups is 1. The van der Waals surface area contributed by atoms with E-state index in [0.29, 0.717) is 0 Å². The molecular weight excluding hydrogens is 330 g/mol. The van der Waals surface area contributed by atoms with E-state index in [4.69, 9.17) is 0 Å². The molecule has 4 rings (SSSR count). The largest absolute Gasteiger partial charge is 0.356 e. The summed E-state index contributed by atoms with van der Waals surface area (Å²) >= 11 is 3.13. The molecule has 0 aromatic carbocycles. The van der Waals surface area contributed by atoms with Gasteiger partial charge in [-0.05, 0) is 6.42 Å². The predicted molar refractivity (Wildman–Crippen MR) is 94.0 cm³/mol. The highest BCUT2D eigenvalue weighted by Crippen LogP contribution is 2.29. The van der Waals surface area contributed by atoms with Crippen LogP contribution in [0.15, 0.2) is 28.3 Å². The molecule has 1 aliphatic rings. The van der Waals surface area contributed by atoms with E-state index in [-0.39, 0.29) is 0 Å². The monoisotopic (exact) mass is 345 g/mol. The Morgan fingerprint density at radius 1 is 1.17 bits per heavy atom. The molecule has 9 heteroatoms. The third-order valence-corrected chi connectivity index (χ3v) is 4.94. The molecule has 0 radical (unpaired) electrons. The normalized spacial score (nSPS) is 14.4. The van der Waals surface area contributed by atoms with E-state index in [0.717, 1.165) is 52.7 Å². The summed E-state index contributed by atoms with van der Waals surface area (Å²) in [6.45, 7) is 1.80. The fraction of sp³-hybridized carbons (Fsp3) is 0.286. The van der Waals surface area contributed by atoms with Crippen molar-refractivity contribution in [2.45, 2.75) is 6.42 Å². The minimum atomic E-state index is 0.796. The minimum Gasteiger partial charge on any atom is -0.356 e. The molecule has 0 saturated carbocycles. The van der Waals surface area contributed by atoms with E-state index in [9.17, 15) is 0 Å². The Kier molecular flexibility index (Phi) is 3.80. The number of rotatable bonds is 3. The number of hydrogen-bond donors (Lipinski definition) is 2. The minimum absolute atomic E-state index is 0.796. The van der Waals surface area contributed by atoms with Crippen LogP contribution in [0.3, 0.4) is 0 Å². The fourth-order valence-electron chi connectivity index (χ4n) is 2.20. The number of imidazole rings is 1. The van der Waals surface area contributed by atoms with Crippen molar-refractivity contribution < 1.29 is 0 Å². The second-order valence-electron chi connectivity index (χ2n) is 5.14. The first-order valence-electron chi connectivity index (χ1n) is 7.23. The number of thiazole rings is 2. The van der Waals surface area contributed by atoms with Gasteiger partial charge in [0.15, 0.2) is 11.1 Å². The molecule has 0 atom stereocenters. The molecule has 4 heterocycles. The van der Waals surface area contributed by atoms with E-state index in [2.05, 4.69) is 30.6 Å². The molecule has 0 amide bonds. The Morgan fingerprint density at radius 3 is 2.83 bits per heavy atom. The molecule has 0 fully saturated rings. The molecule has 0 spiro atoms. The first-order chi connectivity index (χ1) is 11.3. The average molecular weight is 345 g/mol. The molecule has 3 aromatic rings. The highest BCUT2D eigenvalue weighted by molar-refractivity contribution is 7.14. The summed E-state index contributed by atoms with van der Waals surface area (Å²) in [5.41, 5.74) is 2.63. The maximum atomic E-state index is 4.64. The topological polar surface area (TPSA) is 80.0 Å². The third kappa shape index (κ3) is 3.10. The van der Waals surface area contributed by atoms with Crippen LogP contribution in [0, 0.1) is 0 Å². The lowest BCUT2D eigenvalue weighted by molar-refractivity contribution is 0.740. The molecule has 118 valence electrons. The Hall–Kier alpha value is -2.26. The Morgan fingerprint density at radius 2 is 2.04 bits per heavy atom. The van der Waals surface area contributed by atoms with E-state index < -0.39 is 0 Å². The molecule has 7 nitrogen and oxygen atoms in total. The van der Waals surface area contributed by atoms with Gasteiger partial charge in [0, 0.05) is 37.1 Å². The van der Waals surface area contributed by atoms with Gasteiger partial charge in [-0.15, -0.1) is 22.7 Å². The lowest BCUT2D eigenvalue weighted by atomic mass is 10.4. The zero-order valence-electron chi connectivity index (χ0n) is 12.5. The van der Waals surface area contributed by atoms with E-state index in [1.807, 2.05) is 28.6 Å². The number of nitrogens with zero attached hydrogens (tertiary/aromatic N) is 5. The van der Waals surface area contributed by atoms with Crippen LogP contribution in [0.1, 0.15) is 6.42 Å². The van der Waals surface area contributed by atoms with Crippen LogP contribution in [0.2, 0.25) is 0 Å². The molecule has 1 aliphatic heterocycles. The van der Waals surface area contributed by atoms with Crippen molar-refractivity contribution in [3.8, 4) is 22.1 Å². The average Bonchev–Trinajstić information content (AvgIpc) is 3.28. The maximum Gasteiger partial charge on any atom is 0.197 e. The van der Waals surface area contributed by atoms with Crippen molar-refractivity contribution in [2.24, 2.45) is 12.0 Å². The Labute approximate surface area is 141 Å². The van der Waals surface area contributed by atoms with Gasteiger partial charge in [-0.2, -0.15) is 0 Å². The van der Waals surface area contributed by atoms with Gasteiger partial charge in [0.05, 0.1) is 6.33 Å². The Bertz CT molecular complexity index is 845. The summed E-state index contributed by atoms with van der Waals surface area (Å²) in [4.78, 5) is 18.0. The van der Waals surface area contributed by atoms with E-state index in [1.165, 1.54) is 0 Å². The number of aromatic nitrogens is 4. The molecule has 2 N–H and O–H groups in total. The van der Waals surface area contributed by atoms with Crippen LogP contribution in [0.5, 0.6) is 0 Å². The summed E-state index contributed by atoms with van der Waals surface area (Å²) < 4.78 is 1.92. The van der Waals surface area contributed by atoms with E-state index >= 15 is 0 Å². The van der Waals surface area contributed by atoms with Gasteiger partial charge in [0.25, 0.3) is 0 Å². The van der Waals surface area contributed by atoms with Crippen molar-refractivity contribution in [1.82, 2.24) is 24.8 Å². The van der Waals surface area contributed by atoms with Crippen molar-refractivity contribution in [3.63, 3.8) is 0 Å². The van der Waals surface area contributed by atoms with Gasteiger partial charge in [-0.1, -0.05) is 0 Å². The lowest BCUT2D eigenvalue weighted by Gasteiger charge is -2.13. The molecule has 0 unspecified atom stereocenters. The van der Waals surface area contributed by atoms with Crippen LogP contribution < -0.4 is 10.6 Å². The maximum absolute atomic E-state index is 4.64. The number of hydrogen-bond acceptors (Lipinski definition) is 8. The standard InChI is InChI=1S/C14H15N7S2/c1-21-5-9(17-8-21)12-18-10(6-22-12)11-7-23-14(19-11)20-13-15-3-2-4-16-13/h5-8H,2-4H2,1H3,(H2,15,16,19,20). The second-order valence-corrected chi connectivity index (χ2v) is 6.85. The van der Waals surface area contributed by atoms with Gasteiger partial charge < -0.3 is 15.2 Å². The van der Waals surface area contributed by atoms with Crippen LogP contribution in [-0.4, -0.2) is 38.6 Å². The number of anilines is 1. The number of aryl methyl sites for hydroxylation is 1. The smallest absolute Gasteiger partial charge is 0.197 e. The molecule has 23 heavy (non-hydrogen) atoms. The first kappa shape index (κ1) is 14.3. The highest BCUT2D eigenvalue weighted by atomic mass is 32.1. The summed E-state index contributed by atoms with van der Waals surface area (Å²) in [6.07, 6.45) is 4.81. The zero-order valence-corrected chi connectivity index (χ0v) is 14.1. The van der Waals surface area contributed by atoms with Crippen LogP contribution in [0.4, 0.5) is 5.13 Å². The van der Waals surface area contributed by atoms with Gasteiger partial charge in [0.1, 0.15) is 22.1 Å². The molecule has 0 aliphatic carbocycles. The van der Waals surface area contributed by atoms with Crippen molar-refractivity contribution in [3.05, 3.63) is 23.3 Å². The summed E-state index contributed by atoms with van der Waals surface area (Å²) in [7, 11) is 1.95. The zero-order chi connectivity index (χ0) is 15.6. The van der Waals surface area contributed by atoms with Crippen molar-refractivity contribution in [2.75, 3.05) is 18.4 Å².